The summed E-state index contributed by atoms with van der Waals surface area (Å²) in [7, 11) is 0. The van der Waals surface area contributed by atoms with E-state index in [2.05, 4.69) is 12.2 Å². The molecule has 1 aliphatic heterocycles. The van der Waals surface area contributed by atoms with Crippen LogP contribution >= 0.6 is 0 Å². The summed E-state index contributed by atoms with van der Waals surface area (Å²) in [5.41, 5.74) is 0. The number of rotatable bonds is 1. The summed E-state index contributed by atoms with van der Waals surface area (Å²) in [6, 6.07) is 0. The third kappa shape index (κ3) is 1.22. The predicted molar refractivity (Wildman–Crippen MR) is 49.7 cm³/mol. The standard InChI is InChI=1S/C11H14O3/c12-11-13-6-10(14-11)9-5-7-1-3-8(9)4-2-7/h1,3,7-10H,2,4-6H2/t7?,8?,9?,10-/m0/s1. The SMILES string of the molecule is O=C1OC[C@@H](C2CC3C=CC2CC3)O1. The summed E-state index contributed by atoms with van der Waals surface area (Å²) in [5.74, 6) is 1.83. The minimum Gasteiger partial charge on any atom is -0.430 e. The molecule has 3 unspecified atom stereocenters. The van der Waals surface area contributed by atoms with Gasteiger partial charge in [0.25, 0.3) is 0 Å². The van der Waals surface area contributed by atoms with Crippen LogP contribution < -0.4 is 0 Å². The van der Waals surface area contributed by atoms with Gasteiger partial charge in [0, 0.05) is 5.92 Å². The Hall–Kier alpha value is -0.990. The maximum Gasteiger partial charge on any atom is 0.508 e. The van der Waals surface area contributed by atoms with Crippen LogP contribution in [-0.4, -0.2) is 18.9 Å². The summed E-state index contributed by atoms with van der Waals surface area (Å²) < 4.78 is 10.00. The van der Waals surface area contributed by atoms with Crippen molar-refractivity contribution in [2.45, 2.75) is 25.4 Å². The highest BCUT2D eigenvalue weighted by molar-refractivity contribution is 5.61. The highest BCUT2D eigenvalue weighted by Gasteiger charge is 2.41. The van der Waals surface area contributed by atoms with E-state index in [1.54, 1.807) is 0 Å². The molecule has 0 aromatic rings. The number of allylic oxidation sites excluding steroid dienone is 2. The lowest BCUT2D eigenvalue weighted by Crippen LogP contribution is -2.36. The van der Waals surface area contributed by atoms with Crippen molar-refractivity contribution < 1.29 is 14.3 Å². The molecule has 1 heterocycles. The molecule has 0 spiro atoms. The fraction of sp³-hybridized carbons (Fsp3) is 0.727. The average Bonchev–Trinajstić information content (AvgIpc) is 2.66. The molecular formula is C11H14O3. The van der Waals surface area contributed by atoms with Crippen LogP contribution in [0, 0.1) is 17.8 Å². The minimum absolute atomic E-state index is 0.0141. The second-order valence-corrected chi connectivity index (χ2v) is 4.50. The van der Waals surface area contributed by atoms with Crippen LogP contribution in [0.1, 0.15) is 19.3 Å². The Morgan fingerprint density at radius 3 is 2.71 bits per heavy atom. The summed E-state index contributed by atoms with van der Waals surface area (Å²) in [6.45, 7) is 0.459. The topological polar surface area (TPSA) is 35.5 Å². The molecule has 3 heteroatoms. The van der Waals surface area contributed by atoms with Crippen molar-refractivity contribution >= 4 is 6.16 Å². The van der Waals surface area contributed by atoms with E-state index in [0.717, 1.165) is 0 Å². The molecule has 1 saturated heterocycles. The second-order valence-electron chi connectivity index (χ2n) is 4.50. The quantitative estimate of drug-likeness (QED) is 0.474. The van der Waals surface area contributed by atoms with E-state index in [-0.39, 0.29) is 6.10 Å². The van der Waals surface area contributed by atoms with Gasteiger partial charge in [0.15, 0.2) is 0 Å². The van der Waals surface area contributed by atoms with Crippen LogP contribution in [0.4, 0.5) is 4.79 Å². The maximum absolute atomic E-state index is 10.8. The third-order valence-corrected chi connectivity index (χ3v) is 3.72. The number of ether oxygens (including phenoxy) is 2. The molecule has 14 heavy (non-hydrogen) atoms. The van der Waals surface area contributed by atoms with Gasteiger partial charge in [0.1, 0.15) is 12.7 Å². The first-order chi connectivity index (χ1) is 6.83. The number of hydrogen-bond acceptors (Lipinski definition) is 3. The van der Waals surface area contributed by atoms with Crippen LogP contribution in [-0.2, 0) is 9.47 Å². The Balaban J connectivity index is 1.74. The molecule has 0 amide bonds. The van der Waals surface area contributed by atoms with Crippen molar-refractivity contribution in [3.63, 3.8) is 0 Å². The van der Waals surface area contributed by atoms with Crippen LogP contribution in [0.2, 0.25) is 0 Å². The molecule has 2 fully saturated rings. The zero-order valence-electron chi connectivity index (χ0n) is 8.02. The van der Waals surface area contributed by atoms with Gasteiger partial charge in [0.05, 0.1) is 0 Å². The number of carbonyl (C=O) groups excluding carboxylic acids is 1. The predicted octanol–water partition coefficient (Wildman–Crippen LogP) is 2.12. The smallest absolute Gasteiger partial charge is 0.430 e. The van der Waals surface area contributed by atoms with Gasteiger partial charge < -0.3 is 9.47 Å². The zero-order valence-corrected chi connectivity index (χ0v) is 8.02. The number of hydrogen-bond donors (Lipinski definition) is 0. The van der Waals surface area contributed by atoms with Gasteiger partial charge in [0.2, 0.25) is 0 Å². The molecule has 4 aliphatic rings. The molecule has 0 radical (unpaired) electrons. The van der Waals surface area contributed by atoms with Crippen LogP contribution in [0.3, 0.4) is 0 Å². The van der Waals surface area contributed by atoms with E-state index in [4.69, 9.17) is 9.47 Å². The molecule has 4 atom stereocenters. The summed E-state index contributed by atoms with van der Waals surface area (Å²) in [4.78, 5) is 10.8. The largest absolute Gasteiger partial charge is 0.508 e. The summed E-state index contributed by atoms with van der Waals surface area (Å²) in [6.07, 6.45) is 7.87. The Labute approximate surface area is 83.1 Å². The average molecular weight is 194 g/mol. The number of cyclic esters (lactones) is 2. The normalized spacial score (nSPS) is 45.0. The number of carbonyl (C=O) groups is 1. The van der Waals surface area contributed by atoms with E-state index >= 15 is 0 Å². The first-order valence-corrected chi connectivity index (χ1v) is 5.34. The molecule has 1 saturated carbocycles. The van der Waals surface area contributed by atoms with E-state index in [1.807, 2.05) is 0 Å². The van der Waals surface area contributed by atoms with Gasteiger partial charge >= 0.3 is 6.16 Å². The molecule has 3 aliphatic carbocycles. The van der Waals surface area contributed by atoms with Crippen LogP contribution in [0.15, 0.2) is 12.2 Å². The zero-order chi connectivity index (χ0) is 9.54. The lowest BCUT2D eigenvalue weighted by Gasteiger charge is -2.39. The lowest BCUT2D eigenvalue weighted by atomic mass is 9.67. The summed E-state index contributed by atoms with van der Waals surface area (Å²) in [5, 5.41) is 0. The Morgan fingerprint density at radius 1 is 1.29 bits per heavy atom. The maximum atomic E-state index is 10.8. The van der Waals surface area contributed by atoms with Crippen molar-refractivity contribution in [2.75, 3.05) is 6.61 Å². The molecule has 2 bridgehead atoms. The van der Waals surface area contributed by atoms with E-state index in [9.17, 15) is 4.79 Å². The van der Waals surface area contributed by atoms with Crippen LogP contribution in [0.25, 0.3) is 0 Å². The number of fused-ring (bicyclic) bond motifs is 2. The van der Waals surface area contributed by atoms with Gasteiger partial charge in [-0.2, -0.15) is 0 Å². The van der Waals surface area contributed by atoms with Crippen molar-refractivity contribution in [1.82, 2.24) is 0 Å². The Kier molecular flexibility index (Phi) is 1.79. The van der Waals surface area contributed by atoms with Gasteiger partial charge in [-0.3, -0.25) is 0 Å². The first-order valence-electron chi connectivity index (χ1n) is 5.34. The van der Waals surface area contributed by atoms with E-state index in [0.29, 0.717) is 24.4 Å². The van der Waals surface area contributed by atoms with Gasteiger partial charge in [-0.1, -0.05) is 12.2 Å². The molecule has 0 aromatic carbocycles. The summed E-state index contributed by atoms with van der Waals surface area (Å²) >= 11 is 0. The fourth-order valence-electron chi connectivity index (χ4n) is 2.96. The highest BCUT2D eigenvalue weighted by atomic mass is 16.8. The molecule has 3 nitrogen and oxygen atoms in total. The van der Waals surface area contributed by atoms with Crippen molar-refractivity contribution in [3.05, 3.63) is 12.2 Å². The van der Waals surface area contributed by atoms with E-state index < -0.39 is 6.16 Å². The minimum atomic E-state index is -0.486. The van der Waals surface area contributed by atoms with Crippen molar-refractivity contribution in [3.8, 4) is 0 Å². The Morgan fingerprint density at radius 2 is 2.21 bits per heavy atom. The molecule has 0 aromatic heterocycles. The van der Waals surface area contributed by atoms with Gasteiger partial charge in [-0.15, -0.1) is 0 Å². The Bertz CT molecular complexity index is 284. The lowest BCUT2D eigenvalue weighted by molar-refractivity contribution is 0.0563. The van der Waals surface area contributed by atoms with Crippen molar-refractivity contribution in [1.29, 1.82) is 0 Å². The first kappa shape index (κ1) is 8.33. The van der Waals surface area contributed by atoms with Gasteiger partial charge in [-0.05, 0) is 31.1 Å². The van der Waals surface area contributed by atoms with Crippen molar-refractivity contribution in [2.24, 2.45) is 17.8 Å². The monoisotopic (exact) mass is 194 g/mol. The molecular weight excluding hydrogens is 180 g/mol. The third-order valence-electron chi connectivity index (χ3n) is 3.72. The molecule has 76 valence electrons. The molecule has 0 N–H and O–H groups in total. The highest BCUT2D eigenvalue weighted by Crippen LogP contribution is 2.43. The fourth-order valence-corrected chi connectivity index (χ4v) is 2.96. The van der Waals surface area contributed by atoms with Crippen LogP contribution in [0.5, 0.6) is 0 Å². The second kappa shape index (κ2) is 3.01. The molecule has 4 rings (SSSR count). The van der Waals surface area contributed by atoms with E-state index in [1.165, 1.54) is 19.3 Å². The van der Waals surface area contributed by atoms with Gasteiger partial charge in [-0.25, -0.2) is 4.79 Å².